The Morgan fingerprint density at radius 2 is 0.815 bits per heavy atom. The lowest BCUT2D eigenvalue weighted by Gasteiger charge is -2.27. The van der Waals surface area contributed by atoms with Crippen LogP contribution in [-0.2, 0) is 66.6 Å². The Balaban J connectivity index is -0.000000207. The summed E-state index contributed by atoms with van der Waals surface area (Å²) in [7, 11) is 6.86. The molecule has 0 aliphatic carbocycles. The number of carboxylic acid groups (broad SMARTS) is 2. The fourth-order valence-electron chi connectivity index (χ4n) is 4.40. The van der Waals surface area contributed by atoms with Crippen LogP contribution in [0, 0.1) is 27.1 Å². The largest absolute Gasteiger partial charge is 0.478 e. The van der Waals surface area contributed by atoms with Gasteiger partial charge in [0, 0.05) is 20.0 Å². The molecule has 0 spiro atoms. The number of ether oxygens (including phenoxy) is 9. The minimum Gasteiger partial charge on any atom is -0.478 e. The van der Waals surface area contributed by atoms with E-state index in [-0.39, 0.29) is 71.0 Å². The lowest BCUT2D eigenvalue weighted by atomic mass is 9.90. The predicted molar refractivity (Wildman–Crippen MR) is 310 cm³/mol. The molecule has 1 atom stereocenters. The maximum atomic E-state index is 11.5. The van der Waals surface area contributed by atoms with Crippen molar-refractivity contribution in [2.75, 3.05) is 80.8 Å². The van der Waals surface area contributed by atoms with Crippen LogP contribution in [-0.4, -0.2) is 167 Å². The first-order valence-corrected chi connectivity index (χ1v) is 27.8. The third-order valence-corrected chi connectivity index (χ3v) is 12.7. The molecule has 0 aromatic heterocycles. The SMILES string of the molecule is CCC(C)(C)C(=O)OC.CCC(C)(C)C(=O)OC(C)(C)C.CCC(C)(C)C(=O)OCCO.CCC(C)(C)C(=O)OCO.CCOC(=O)C(C)(C)CC.COC(=O)c1cc(C(=O)OC)c(C(=O)O)cc1C(=O)O.COCC(CSC)OC. The normalized spacial score (nSPS) is 11.3. The monoisotopic (exact) mass is 1180 g/mol. The number of carbonyl (C=O) groups is 9. The maximum Gasteiger partial charge on any atom is 0.338 e. The lowest BCUT2D eigenvalue weighted by molar-refractivity contribution is -0.166. The van der Waals surface area contributed by atoms with Crippen LogP contribution in [0.5, 0.6) is 0 Å². The highest BCUT2D eigenvalue weighted by molar-refractivity contribution is 7.98. The van der Waals surface area contributed by atoms with E-state index in [4.69, 9.17) is 44.1 Å². The van der Waals surface area contributed by atoms with Gasteiger partial charge in [-0.2, -0.15) is 11.8 Å². The molecule has 23 heteroatoms. The molecule has 1 unspecified atom stereocenters. The van der Waals surface area contributed by atoms with E-state index in [2.05, 4.69) is 25.2 Å². The average Bonchev–Trinajstić information content (AvgIpc) is 3.41. The molecule has 1 aromatic rings. The van der Waals surface area contributed by atoms with Gasteiger partial charge < -0.3 is 63.1 Å². The second-order valence-corrected chi connectivity index (χ2v) is 22.5. The third-order valence-electron chi connectivity index (χ3n) is 12.0. The minimum atomic E-state index is -1.52. The van der Waals surface area contributed by atoms with Crippen LogP contribution in [0.1, 0.15) is 205 Å². The lowest BCUT2D eigenvalue weighted by Crippen LogP contribution is -2.33. The Labute approximate surface area is 487 Å². The standard InChI is InChI=1S/C12H10O8.C10H20O2.C8H16O3.C8H16O2.C7H14O3.C7H14O2.C6H14O2S/c1-19-11(17)7-4-8(12(18)20-2)6(10(15)16)3-5(7)9(13)14;1-7-10(5,6)8(11)12-9(2,3)4;1-4-8(2,3)7(10)11-6-5-9;1-5-8(3,4)7(9)10-6-2;1-4-7(2,3)6(9)10-5-8;1-5-7(2,3)6(8)9-4;1-7-4-6(8-2)5-9-3/h3-4H,1-2H3,(H,13,14)(H,15,16);7H2,1-6H3;9H,4-6H2,1-3H3;5-6H2,1-4H3;8H,4-5H2,1-3H3;5H2,1-4H3;6H,4-5H2,1-3H3. The van der Waals surface area contributed by atoms with Gasteiger partial charge in [-0.25, -0.2) is 19.2 Å². The van der Waals surface area contributed by atoms with Gasteiger partial charge >= 0.3 is 53.7 Å². The number of hydrogen-bond donors (Lipinski definition) is 4. The van der Waals surface area contributed by atoms with Crippen LogP contribution in [0.2, 0.25) is 0 Å². The van der Waals surface area contributed by atoms with Crippen molar-refractivity contribution in [1.29, 1.82) is 0 Å². The topological polar surface area (TPSA) is 318 Å². The van der Waals surface area contributed by atoms with E-state index >= 15 is 0 Å². The van der Waals surface area contributed by atoms with Gasteiger partial charge in [0.1, 0.15) is 12.2 Å². The number of carbonyl (C=O) groups excluding carboxylic acids is 7. The van der Waals surface area contributed by atoms with Gasteiger partial charge in [0.25, 0.3) is 0 Å². The van der Waals surface area contributed by atoms with Gasteiger partial charge in [0.15, 0.2) is 6.79 Å². The number of thioether (sulfide) groups is 1. The highest BCUT2D eigenvalue weighted by atomic mass is 32.2. The molecule has 0 aliphatic rings. The predicted octanol–water partition coefficient (Wildman–Crippen LogP) is 9.89. The van der Waals surface area contributed by atoms with Crippen molar-refractivity contribution in [3.05, 3.63) is 34.4 Å². The van der Waals surface area contributed by atoms with Crippen LogP contribution in [0.4, 0.5) is 0 Å². The maximum absolute atomic E-state index is 11.5. The number of aliphatic hydroxyl groups excluding tert-OH is 2. The summed E-state index contributed by atoms with van der Waals surface area (Å²) in [5.74, 6) is -5.00. The van der Waals surface area contributed by atoms with Crippen molar-refractivity contribution in [1.82, 2.24) is 0 Å². The quantitative estimate of drug-likeness (QED) is 0.0450. The summed E-state index contributed by atoms with van der Waals surface area (Å²) in [6.45, 7) is 36.4. The number of carboxylic acids is 2. The molecule has 22 nitrogen and oxygen atoms in total. The highest BCUT2D eigenvalue weighted by Crippen LogP contribution is 2.26. The van der Waals surface area contributed by atoms with Gasteiger partial charge in [0.2, 0.25) is 0 Å². The fraction of sp³-hybridized carbons (Fsp3) is 0.741. The zero-order valence-corrected chi connectivity index (χ0v) is 54.4. The Morgan fingerprint density at radius 1 is 0.481 bits per heavy atom. The Bertz CT molecular complexity index is 1930. The van der Waals surface area contributed by atoms with Crippen LogP contribution in [0.15, 0.2) is 12.1 Å². The van der Waals surface area contributed by atoms with Crippen molar-refractivity contribution in [3.8, 4) is 0 Å². The van der Waals surface area contributed by atoms with Crippen molar-refractivity contribution in [3.63, 3.8) is 0 Å². The second-order valence-electron chi connectivity index (χ2n) is 21.6. The van der Waals surface area contributed by atoms with E-state index in [0.717, 1.165) is 51.7 Å². The zero-order chi connectivity index (χ0) is 65.3. The summed E-state index contributed by atoms with van der Waals surface area (Å²) >= 11 is 1.77. The summed E-state index contributed by atoms with van der Waals surface area (Å²) in [5.41, 5.74) is -4.28. The number of rotatable bonds is 23. The third kappa shape index (κ3) is 38.9. The Kier molecular flexibility index (Phi) is 47.5. The molecule has 0 fully saturated rings. The molecule has 0 bridgehead atoms. The first-order valence-electron chi connectivity index (χ1n) is 26.4. The molecule has 0 amide bonds. The van der Waals surface area contributed by atoms with Crippen molar-refractivity contribution in [2.24, 2.45) is 27.1 Å². The van der Waals surface area contributed by atoms with E-state index in [9.17, 15) is 43.2 Å². The minimum absolute atomic E-state index is 0.0995. The van der Waals surface area contributed by atoms with E-state index in [1.54, 1.807) is 39.8 Å². The molecular formula is C58H104O22S. The summed E-state index contributed by atoms with van der Waals surface area (Å²) in [6.07, 6.45) is 6.23. The molecule has 0 heterocycles. The Hall–Kier alpha value is -5.36. The molecule has 0 radical (unpaired) electrons. The molecule has 1 aromatic carbocycles. The van der Waals surface area contributed by atoms with Gasteiger partial charge in [-0.15, -0.1) is 0 Å². The molecule has 0 aliphatic heterocycles. The van der Waals surface area contributed by atoms with E-state index in [1.807, 2.05) is 118 Å². The molecule has 81 heavy (non-hydrogen) atoms. The number of methoxy groups -OCH3 is 5. The highest BCUT2D eigenvalue weighted by Gasteiger charge is 2.32. The number of aromatic carboxylic acids is 2. The molecule has 474 valence electrons. The van der Waals surface area contributed by atoms with Crippen LogP contribution >= 0.6 is 11.8 Å². The Morgan fingerprint density at radius 3 is 1.06 bits per heavy atom. The van der Waals surface area contributed by atoms with Crippen LogP contribution < -0.4 is 0 Å². The van der Waals surface area contributed by atoms with Crippen LogP contribution in [0.25, 0.3) is 0 Å². The molecule has 0 saturated heterocycles. The molecule has 4 N–H and O–H groups in total. The average molecular weight is 1190 g/mol. The van der Waals surface area contributed by atoms with E-state index < -0.39 is 63.8 Å². The first-order chi connectivity index (χ1) is 37.0. The number of aliphatic hydroxyl groups is 2. The fourth-order valence-corrected chi connectivity index (χ4v) is 5.00. The first kappa shape index (κ1) is 86.9. The number of hydrogen-bond acceptors (Lipinski definition) is 21. The van der Waals surface area contributed by atoms with Gasteiger partial charge in [-0.1, -0.05) is 34.6 Å². The molecule has 1 rings (SSSR count). The summed E-state index contributed by atoms with van der Waals surface area (Å²) in [5, 5.41) is 34.6. The van der Waals surface area contributed by atoms with E-state index in [0.29, 0.717) is 25.7 Å². The smallest absolute Gasteiger partial charge is 0.338 e. The number of benzene rings is 1. The van der Waals surface area contributed by atoms with E-state index in [1.165, 1.54) is 7.11 Å². The van der Waals surface area contributed by atoms with Gasteiger partial charge in [-0.05, 0) is 147 Å². The van der Waals surface area contributed by atoms with Gasteiger partial charge in [-0.3, -0.25) is 24.0 Å². The molecule has 0 saturated carbocycles. The summed E-state index contributed by atoms with van der Waals surface area (Å²) in [4.78, 5) is 101. The zero-order valence-electron chi connectivity index (χ0n) is 53.6. The molecular weight excluding hydrogens is 1080 g/mol. The van der Waals surface area contributed by atoms with Crippen molar-refractivity contribution >= 4 is 65.5 Å². The summed E-state index contributed by atoms with van der Waals surface area (Å²) in [6, 6.07) is 1.54. The second kappa shape index (κ2) is 44.3. The van der Waals surface area contributed by atoms with Crippen molar-refractivity contribution in [2.45, 2.75) is 175 Å². The van der Waals surface area contributed by atoms with Gasteiger partial charge in [0.05, 0.1) is 96.6 Å². The number of esters is 7. The summed E-state index contributed by atoms with van der Waals surface area (Å²) < 4.78 is 42.6. The van der Waals surface area contributed by atoms with Crippen molar-refractivity contribution < 1.29 is 106 Å². The van der Waals surface area contributed by atoms with Crippen LogP contribution in [0.3, 0.4) is 0 Å².